The molecule has 2 N–H and O–H groups in total. The van der Waals surface area contributed by atoms with Crippen molar-refractivity contribution in [1.82, 2.24) is 10.6 Å². The van der Waals surface area contributed by atoms with Crippen molar-refractivity contribution in [1.29, 1.82) is 0 Å². The smallest absolute Gasteiger partial charge is 0.408 e. The van der Waals surface area contributed by atoms with Crippen LogP contribution in [0.25, 0.3) is 0 Å². The third-order valence-electron chi connectivity index (χ3n) is 4.13. The first kappa shape index (κ1) is 26.6. The number of hydrogen-bond acceptors (Lipinski definition) is 7. The summed E-state index contributed by atoms with van der Waals surface area (Å²) in [6, 6.07) is 5.65. The zero-order valence-corrected chi connectivity index (χ0v) is 20.0. The van der Waals surface area contributed by atoms with Crippen LogP contribution in [0, 0.1) is 0 Å². The molecule has 0 heterocycles. The Morgan fingerprint density at radius 1 is 1.10 bits per heavy atom. The molecule has 0 radical (unpaired) electrons. The Labute approximate surface area is 188 Å². The Hall–Kier alpha value is -2.42. The van der Waals surface area contributed by atoms with Crippen LogP contribution in [-0.4, -0.2) is 55.3 Å². The highest BCUT2D eigenvalue weighted by Crippen LogP contribution is 2.21. The summed E-state index contributed by atoms with van der Waals surface area (Å²) in [6.45, 7) is 7.23. The van der Waals surface area contributed by atoms with Gasteiger partial charge in [0.25, 0.3) is 0 Å². The molecule has 2 amide bonds. The maximum Gasteiger partial charge on any atom is 0.408 e. The SMILES string of the molecule is CCOC(=O)CC(NC(=O)C(CCSC)NC(=O)OC(C)(C)C)c1ccc(OC)cc1. The van der Waals surface area contributed by atoms with Crippen molar-refractivity contribution >= 4 is 29.7 Å². The second-order valence-corrected chi connectivity index (χ2v) is 8.81. The summed E-state index contributed by atoms with van der Waals surface area (Å²) in [5.41, 5.74) is 0.0447. The van der Waals surface area contributed by atoms with E-state index >= 15 is 0 Å². The van der Waals surface area contributed by atoms with E-state index in [0.717, 1.165) is 5.56 Å². The van der Waals surface area contributed by atoms with Gasteiger partial charge in [0, 0.05) is 0 Å². The summed E-state index contributed by atoms with van der Waals surface area (Å²) < 4.78 is 15.5. The number of carbonyl (C=O) groups excluding carboxylic acids is 3. The van der Waals surface area contributed by atoms with E-state index in [1.807, 2.05) is 6.26 Å². The number of alkyl carbamates (subject to hydrolysis) is 1. The van der Waals surface area contributed by atoms with Gasteiger partial charge >= 0.3 is 12.1 Å². The minimum atomic E-state index is -0.801. The number of amides is 2. The molecular weight excluding hydrogens is 420 g/mol. The second kappa shape index (κ2) is 13.1. The summed E-state index contributed by atoms with van der Waals surface area (Å²) in [5, 5.41) is 5.52. The van der Waals surface area contributed by atoms with E-state index in [0.29, 0.717) is 17.9 Å². The molecule has 0 aliphatic rings. The lowest BCUT2D eigenvalue weighted by Gasteiger charge is -2.25. The summed E-state index contributed by atoms with van der Waals surface area (Å²) in [6.07, 6.45) is 1.64. The van der Waals surface area contributed by atoms with Crippen molar-refractivity contribution in [3.63, 3.8) is 0 Å². The van der Waals surface area contributed by atoms with Gasteiger partial charge in [0.15, 0.2) is 0 Å². The summed E-state index contributed by atoms with van der Waals surface area (Å²) in [5.74, 6) is 0.502. The van der Waals surface area contributed by atoms with Crippen molar-refractivity contribution in [2.75, 3.05) is 25.7 Å². The molecule has 31 heavy (non-hydrogen) atoms. The van der Waals surface area contributed by atoms with Gasteiger partial charge in [-0.2, -0.15) is 11.8 Å². The molecular formula is C22H34N2O6S. The van der Waals surface area contributed by atoms with Gasteiger partial charge in [-0.15, -0.1) is 0 Å². The molecule has 2 unspecified atom stereocenters. The van der Waals surface area contributed by atoms with E-state index in [2.05, 4.69) is 10.6 Å². The van der Waals surface area contributed by atoms with Crippen LogP contribution in [0.15, 0.2) is 24.3 Å². The molecule has 1 aromatic rings. The second-order valence-electron chi connectivity index (χ2n) is 7.82. The van der Waals surface area contributed by atoms with Crippen LogP contribution in [0.5, 0.6) is 5.75 Å². The van der Waals surface area contributed by atoms with E-state index in [1.165, 1.54) is 0 Å². The molecule has 0 aliphatic heterocycles. The normalized spacial score (nSPS) is 13.0. The minimum absolute atomic E-state index is 0.0341. The Morgan fingerprint density at radius 3 is 2.26 bits per heavy atom. The highest BCUT2D eigenvalue weighted by Gasteiger charge is 2.27. The van der Waals surface area contributed by atoms with Gasteiger partial charge in [-0.3, -0.25) is 9.59 Å². The van der Waals surface area contributed by atoms with Crippen molar-refractivity contribution in [2.24, 2.45) is 0 Å². The summed E-state index contributed by atoms with van der Waals surface area (Å²) in [4.78, 5) is 37.4. The Bertz CT molecular complexity index is 718. The van der Waals surface area contributed by atoms with Crippen LogP contribution in [0.3, 0.4) is 0 Å². The molecule has 0 fully saturated rings. The fourth-order valence-corrected chi connectivity index (χ4v) is 3.17. The van der Waals surface area contributed by atoms with Crippen molar-refractivity contribution in [3.8, 4) is 5.75 Å². The van der Waals surface area contributed by atoms with Crippen molar-refractivity contribution < 1.29 is 28.6 Å². The molecule has 0 aromatic heterocycles. The average molecular weight is 455 g/mol. The summed E-state index contributed by atoms with van der Waals surface area (Å²) >= 11 is 1.56. The van der Waals surface area contributed by atoms with E-state index < -0.39 is 35.7 Å². The summed E-state index contributed by atoms with van der Waals surface area (Å²) in [7, 11) is 1.56. The Balaban J connectivity index is 3.00. The van der Waals surface area contributed by atoms with E-state index in [-0.39, 0.29) is 13.0 Å². The maximum absolute atomic E-state index is 13.0. The van der Waals surface area contributed by atoms with Gasteiger partial charge in [-0.05, 0) is 63.8 Å². The van der Waals surface area contributed by atoms with Gasteiger partial charge in [0.05, 0.1) is 26.2 Å². The fraction of sp³-hybridized carbons (Fsp3) is 0.591. The lowest BCUT2D eigenvalue weighted by molar-refractivity contribution is -0.143. The number of benzene rings is 1. The molecule has 1 aromatic carbocycles. The van der Waals surface area contributed by atoms with E-state index in [9.17, 15) is 14.4 Å². The molecule has 8 nitrogen and oxygen atoms in total. The molecule has 174 valence electrons. The molecule has 9 heteroatoms. The van der Waals surface area contributed by atoms with E-state index in [1.54, 1.807) is 70.8 Å². The Kier molecular flexibility index (Phi) is 11.2. The predicted molar refractivity (Wildman–Crippen MR) is 121 cm³/mol. The topological polar surface area (TPSA) is 103 Å². The third-order valence-corrected chi connectivity index (χ3v) is 4.77. The predicted octanol–water partition coefficient (Wildman–Crippen LogP) is 3.45. The van der Waals surface area contributed by atoms with Crippen LogP contribution in [0.1, 0.15) is 52.1 Å². The quantitative estimate of drug-likeness (QED) is 0.494. The highest BCUT2D eigenvalue weighted by atomic mass is 32.2. The van der Waals surface area contributed by atoms with Crippen molar-refractivity contribution in [3.05, 3.63) is 29.8 Å². The van der Waals surface area contributed by atoms with Crippen LogP contribution in [0.4, 0.5) is 4.79 Å². The number of hydrogen-bond donors (Lipinski definition) is 2. The number of methoxy groups -OCH3 is 1. The average Bonchev–Trinajstić information content (AvgIpc) is 2.69. The van der Waals surface area contributed by atoms with Gasteiger partial charge in [-0.1, -0.05) is 12.1 Å². The standard InChI is InChI=1S/C22H34N2O6S/c1-7-29-19(25)14-18(15-8-10-16(28-5)11-9-15)23-20(26)17(12-13-31-6)24-21(27)30-22(2,3)4/h8-11,17-18H,7,12-14H2,1-6H3,(H,23,26)(H,24,27). The number of rotatable bonds is 11. The lowest BCUT2D eigenvalue weighted by Crippen LogP contribution is -2.49. The zero-order chi connectivity index (χ0) is 23.4. The number of ether oxygens (including phenoxy) is 3. The van der Waals surface area contributed by atoms with Gasteiger partial charge < -0.3 is 24.8 Å². The lowest BCUT2D eigenvalue weighted by atomic mass is 10.0. The first-order valence-corrected chi connectivity index (χ1v) is 11.6. The largest absolute Gasteiger partial charge is 0.497 e. The number of nitrogens with one attached hydrogen (secondary N) is 2. The zero-order valence-electron chi connectivity index (χ0n) is 19.2. The molecule has 1 rings (SSSR count). The first-order valence-electron chi connectivity index (χ1n) is 10.2. The molecule has 0 saturated carbocycles. The maximum atomic E-state index is 13.0. The number of thioether (sulfide) groups is 1. The van der Waals surface area contributed by atoms with Crippen LogP contribution >= 0.6 is 11.8 Å². The molecule has 2 atom stereocenters. The fourth-order valence-electron chi connectivity index (χ4n) is 2.70. The van der Waals surface area contributed by atoms with E-state index in [4.69, 9.17) is 14.2 Å². The molecule has 0 saturated heterocycles. The van der Waals surface area contributed by atoms with Crippen LogP contribution in [-0.2, 0) is 19.1 Å². The van der Waals surface area contributed by atoms with Crippen LogP contribution < -0.4 is 15.4 Å². The highest BCUT2D eigenvalue weighted by molar-refractivity contribution is 7.98. The third kappa shape index (κ3) is 10.4. The van der Waals surface area contributed by atoms with Crippen molar-refractivity contribution in [2.45, 2.75) is 58.2 Å². The molecule has 0 spiro atoms. The van der Waals surface area contributed by atoms with Gasteiger partial charge in [0.2, 0.25) is 5.91 Å². The monoisotopic (exact) mass is 454 g/mol. The number of esters is 1. The molecule has 0 aliphatic carbocycles. The van der Waals surface area contributed by atoms with Crippen LogP contribution in [0.2, 0.25) is 0 Å². The Morgan fingerprint density at radius 2 is 1.74 bits per heavy atom. The first-order chi connectivity index (χ1) is 14.6. The molecule has 0 bridgehead atoms. The van der Waals surface area contributed by atoms with Gasteiger partial charge in [0.1, 0.15) is 17.4 Å². The van der Waals surface area contributed by atoms with Gasteiger partial charge in [-0.25, -0.2) is 4.79 Å². The minimum Gasteiger partial charge on any atom is -0.497 e. The number of carbonyl (C=O) groups is 3.